The van der Waals surface area contributed by atoms with Crippen molar-refractivity contribution in [1.29, 1.82) is 0 Å². The zero-order chi connectivity index (χ0) is 27.9. The lowest BCUT2D eigenvalue weighted by Crippen LogP contribution is -2.52. The van der Waals surface area contributed by atoms with Crippen LogP contribution in [0.25, 0.3) is 0 Å². The summed E-state index contributed by atoms with van der Waals surface area (Å²) in [7, 11) is -4.22. The summed E-state index contributed by atoms with van der Waals surface area (Å²) >= 11 is 12.6. The normalized spacial score (nSPS) is 12.9. The molecule has 3 rings (SSSR count). The second-order valence-electron chi connectivity index (χ2n) is 8.92. The Hall–Kier alpha value is -3.07. The molecule has 1 N–H and O–H groups in total. The Labute approximate surface area is 234 Å². The summed E-state index contributed by atoms with van der Waals surface area (Å²) in [5.41, 5.74) is 0.857. The van der Waals surface area contributed by atoms with E-state index in [-0.39, 0.29) is 39.1 Å². The van der Waals surface area contributed by atoms with Gasteiger partial charge in [0.1, 0.15) is 12.6 Å². The molecule has 0 saturated heterocycles. The lowest BCUT2D eigenvalue weighted by atomic mass is 10.1. The molecular formula is C28H31Cl2N3O4S. The molecular weight excluding hydrogens is 545 g/mol. The van der Waals surface area contributed by atoms with Crippen LogP contribution in [-0.2, 0) is 26.2 Å². The number of rotatable bonds is 11. The Balaban J connectivity index is 2.04. The maximum absolute atomic E-state index is 13.9. The van der Waals surface area contributed by atoms with Gasteiger partial charge in [0.15, 0.2) is 0 Å². The molecule has 0 aromatic heterocycles. The molecule has 2 amide bonds. The predicted octanol–water partition coefficient (Wildman–Crippen LogP) is 5.52. The van der Waals surface area contributed by atoms with Crippen LogP contribution in [0.1, 0.15) is 32.8 Å². The minimum Gasteiger partial charge on any atom is -0.352 e. The maximum atomic E-state index is 13.9. The first-order chi connectivity index (χ1) is 18.0. The van der Waals surface area contributed by atoms with E-state index in [1.807, 2.05) is 44.2 Å². The lowest BCUT2D eigenvalue weighted by Gasteiger charge is -2.32. The van der Waals surface area contributed by atoms with Crippen molar-refractivity contribution >= 4 is 50.7 Å². The number of sulfonamides is 1. The number of hydrogen-bond acceptors (Lipinski definition) is 4. The molecule has 0 spiro atoms. The number of hydrogen-bond donors (Lipinski definition) is 1. The molecule has 3 aromatic carbocycles. The van der Waals surface area contributed by atoms with Crippen LogP contribution in [0.3, 0.4) is 0 Å². The summed E-state index contributed by atoms with van der Waals surface area (Å²) in [6.07, 6.45) is 0.724. The van der Waals surface area contributed by atoms with Gasteiger partial charge in [0.25, 0.3) is 10.0 Å². The van der Waals surface area contributed by atoms with E-state index in [4.69, 9.17) is 23.2 Å². The number of amides is 2. The lowest BCUT2D eigenvalue weighted by molar-refractivity contribution is -0.139. The van der Waals surface area contributed by atoms with Crippen LogP contribution in [0.5, 0.6) is 0 Å². The van der Waals surface area contributed by atoms with E-state index in [1.54, 1.807) is 25.1 Å². The van der Waals surface area contributed by atoms with Gasteiger partial charge in [0, 0.05) is 17.6 Å². The van der Waals surface area contributed by atoms with Gasteiger partial charge in [-0.1, -0.05) is 78.7 Å². The second-order valence-corrected chi connectivity index (χ2v) is 11.6. The van der Waals surface area contributed by atoms with Crippen molar-refractivity contribution in [3.8, 4) is 0 Å². The topological polar surface area (TPSA) is 86.8 Å². The van der Waals surface area contributed by atoms with E-state index in [1.165, 1.54) is 35.2 Å². The SMILES string of the molecule is CC[C@@H](C)NC(=O)[C@H](C)N(Cc1ccccc1)C(=O)CN(c1cc(Cl)ccc1Cl)S(=O)(=O)c1ccccc1. The smallest absolute Gasteiger partial charge is 0.264 e. The van der Waals surface area contributed by atoms with Gasteiger partial charge in [0.05, 0.1) is 15.6 Å². The average molecular weight is 577 g/mol. The Morgan fingerprint density at radius 2 is 1.53 bits per heavy atom. The molecule has 0 unspecified atom stereocenters. The van der Waals surface area contributed by atoms with Gasteiger partial charge in [0.2, 0.25) is 11.8 Å². The highest BCUT2D eigenvalue weighted by atomic mass is 35.5. The Morgan fingerprint density at radius 1 is 0.921 bits per heavy atom. The minimum atomic E-state index is -4.22. The molecule has 0 radical (unpaired) electrons. The molecule has 0 heterocycles. The van der Waals surface area contributed by atoms with Crippen molar-refractivity contribution in [2.24, 2.45) is 0 Å². The van der Waals surface area contributed by atoms with Gasteiger partial charge in [-0.05, 0) is 56.2 Å². The second kappa shape index (κ2) is 13.1. The number of halogens is 2. The number of nitrogens with zero attached hydrogens (tertiary/aromatic N) is 2. The largest absolute Gasteiger partial charge is 0.352 e. The van der Waals surface area contributed by atoms with Crippen molar-refractivity contribution in [2.45, 2.75) is 50.7 Å². The third kappa shape index (κ3) is 7.28. The zero-order valence-corrected chi connectivity index (χ0v) is 23.8. The van der Waals surface area contributed by atoms with Crippen molar-refractivity contribution in [3.63, 3.8) is 0 Å². The van der Waals surface area contributed by atoms with Crippen LogP contribution >= 0.6 is 23.2 Å². The van der Waals surface area contributed by atoms with E-state index in [9.17, 15) is 18.0 Å². The highest BCUT2D eigenvalue weighted by Crippen LogP contribution is 2.33. The summed E-state index contributed by atoms with van der Waals surface area (Å²) in [5, 5.41) is 3.27. The summed E-state index contributed by atoms with van der Waals surface area (Å²) in [6, 6.07) is 20.4. The number of carbonyl (C=O) groups excluding carboxylic acids is 2. The summed E-state index contributed by atoms with van der Waals surface area (Å²) in [4.78, 5) is 28.3. The Morgan fingerprint density at radius 3 is 2.13 bits per heavy atom. The van der Waals surface area contributed by atoms with Crippen LogP contribution in [-0.4, -0.2) is 43.8 Å². The molecule has 0 saturated carbocycles. The molecule has 0 aliphatic carbocycles. The molecule has 0 fully saturated rings. The van der Waals surface area contributed by atoms with E-state index >= 15 is 0 Å². The number of nitrogens with one attached hydrogen (secondary N) is 1. The summed E-state index contributed by atoms with van der Waals surface area (Å²) in [6.45, 7) is 4.97. The number of anilines is 1. The fraction of sp³-hybridized carbons (Fsp3) is 0.286. The Bertz CT molecular complexity index is 1360. The molecule has 2 atom stereocenters. The van der Waals surface area contributed by atoms with E-state index < -0.39 is 28.5 Å². The average Bonchev–Trinajstić information content (AvgIpc) is 2.92. The molecule has 38 heavy (non-hydrogen) atoms. The van der Waals surface area contributed by atoms with Gasteiger partial charge in [-0.15, -0.1) is 0 Å². The first-order valence-corrected chi connectivity index (χ1v) is 14.4. The number of carbonyl (C=O) groups is 2. The van der Waals surface area contributed by atoms with E-state index in [0.717, 1.165) is 16.3 Å². The molecule has 7 nitrogen and oxygen atoms in total. The fourth-order valence-corrected chi connectivity index (χ4v) is 5.62. The van der Waals surface area contributed by atoms with Gasteiger partial charge in [-0.2, -0.15) is 0 Å². The molecule has 0 aliphatic heterocycles. The van der Waals surface area contributed by atoms with Gasteiger partial charge < -0.3 is 10.2 Å². The molecule has 0 aliphatic rings. The Kier molecular flexibility index (Phi) is 10.2. The third-order valence-electron chi connectivity index (χ3n) is 6.15. The maximum Gasteiger partial charge on any atom is 0.264 e. The van der Waals surface area contributed by atoms with Crippen LogP contribution in [0.2, 0.25) is 10.0 Å². The van der Waals surface area contributed by atoms with Crippen LogP contribution < -0.4 is 9.62 Å². The summed E-state index contributed by atoms with van der Waals surface area (Å²) in [5.74, 6) is -0.905. The zero-order valence-electron chi connectivity index (χ0n) is 21.5. The highest BCUT2D eigenvalue weighted by Gasteiger charge is 2.33. The van der Waals surface area contributed by atoms with Crippen molar-refractivity contribution < 1.29 is 18.0 Å². The fourth-order valence-electron chi connectivity index (χ4n) is 3.74. The monoisotopic (exact) mass is 575 g/mol. The standard InChI is InChI=1S/C28H31Cl2N3O4S/c1-4-20(2)31-28(35)21(3)32(18-22-11-7-5-8-12-22)27(34)19-33(26-17-23(29)15-16-25(26)30)38(36,37)24-13-9-6-10-14-24/h5-17,20-21H,4,18-19H2,1-3H3,(H,31,35)/t20-,21+/m1/s1. The van der Waals surface area contributed by atoms with Gasteiger partial charge in [-0.3, -0.25) is 13.9 Å². The van der Waals surface area contributed by atoms with E-state index in [2.05, 4.69) is 5.32 Å². The molecule has 3 aromatic rings. The highest BCUT2D eigenvalue weighted by molar-refractivity contribution is 7.92. The number of benzene rings is 3. The molecule has 202 valence electrons. The van der Waals surface area contributed by atoms with Crippen LogP contribution in [0.4, 0.5) is 5.69 Å². The van der Waals surface area contributed by atoms with Crippen LogP contribution in [0.15, 0.2) is 83.8 Å². The quantitative estimate of drug-likeness (QED) is 0.326. The van der Waals surface area contributed by atoms with Crippen LogP contribution in [0, 0.1) is 0 Å². The van der Waals surface area contributed by atoms with E-state index in [0.29, 0.717) is 0 Å². The predicted molar refractivity (Wildman–Crippen MR) is 152 cm³/mol. The van der Waals surface area contributed by atoms with Crippen molar-refractivity contribution in [1.82, 2.24) is 10.2 Å². The summed E-state index contributed by atoms with van der Waals surface area (Å²) < 4.78 is 28.5. The molecule has 0 bridgehead atoms. The minimum absolute atomic E-state index is 0.0130. The van der Waals surface area contributed by atoms with Crippen molar-refractivity contribution in [3.05, 3.63) is 94.5 Å². The first-order valence-electron chi connectivity index (χ1n) is 12.2. The third-order valence-corrected chi connectivity index (χ3v) is 8.48. The molecule has 10 heteroatoms. The van der Waals surface area contributed by atoms with Crippen molar-refractivity contribution in [2.75, 3.05) is 10.8 Å². The first kappa shape index (κ1) is 29.5. The van der Waals surface area contributed by atoms with Gasteiger partial charge in [-0.25, -0.2) is 8.42 Å². The van der Waals surface area contributed by atoms with Gasteiger partial charge >= 0.3 is 0 Å².